The van der Waals surface area contributed by atoms with E-state index < -0.39 is 0 Å². The second-order valence-corrected chi connectivity index (χ2v) is 9.31. The second-order valence-electron chi connectivity index (χ2n) is 9.31. The van der Waals surface area contributed by atoms with Crippen molar-refractivity contribution < 1.29 is 4.74 Å². The number of fused-ring (bicyclic) bond motifs is 3. The Balaban J connectivity index is 2.49. The van der Waals surface area contributed by atoms with Crippen LogP contribution in [0.3, 0.4) is 0 Å². The molecule has 2 aliphatic rings. The van der Waals surface area contributed by atoms with Gasteiger partial charge in [0, 0.05) is 5.92 Å². The highest BCUT2D eigenvalue weighted by Crippen LogP contribution is 2.60. The van der Waals surface area contributed by atoms with Gasteiger partial charge in [0.15, 0.2) is 0 Å². The van der Waals surface area contributed by atoms with Crippen molar-refractivity contribution in [2.45, 2.75) is 105 Å². The summed E-state index contributed by atoms with van der Waals surface area (Å²) in [5, 5.41) is 0. The van der Waals surface area contributed by atoms with Crippen molar-refractivity contribution in [3.8, 4) is 0 Å². The molecule has 0 saturated heterocycles. The highest BCUT2D eigenvalue weighted by molar-refractivity contribution is 5.62. The minimum Gasteiger partial charge on any atom is -0.370 e. The van der Waals surface area contributed by atoms with Gasteiger partial charge in [-0.3, -0.25) is 0 Å². The third-order valence-electron chi connectivity index (χ3n) is 8.12. The van der Waals surface area contributed by atoms with Crippen molar-refractivity contribution in [1.29, 1.82) is 0 Å². The Bertz CT molecular complexity index is 684. The summed E-state index contributed by atoms with van der Waals surface area (Å²) in [5.74, 6) is 1.12. The highest BCUT2D eigenvalue weighted by atomic mass is 16.5. The van der Waals surface area contributed by atoms with Crippen LogP contribution >= 0.6 is 0 Å². The largest absolute Gasteiger partial charge is 0.370 e. The van der Waals surface area contributed by atoms with Gasteiger partial charge in [0.1, 0.15) is 0 Å². The van der Waals surface area contributed by atoms with Crippen LogP contribution in [0.25, 0.3) is 0 Å². The Morgan fingerprint density at radius 3 is 2.00 bits per heavy atom. The van der Waals surface area contributed by atoms with Gasteiger partial charge in [-0.25, -0.2) is 0 Å². The summed E-state index contributed by atoms with van der Waals surface area (Å²) in [6.07, 6.45) is 1.70. The van der Waals surface area contributed by atoms with Crippen molar-refractivity contribution in [2.75, 3.05) is 0 Å². The first-order chi connectivity index (χ1) is 11.0. The summed E-state index contributed by atoms with van der Waals surface area (Å²) < 4.78 is 6.30. The zero-order chi connectivity index (χ0) is 18.2. The van der Waals surface area contributed by atoms with Crippen LogP contribution in [0.2, 0.25) is 0 Å². The molecule has 0 N–H and O–H groups in total. The molecule has 1 aromatic carbocycles. The van der Waals surface area contributed by atoms with E-state index in [1.165, 1.54) is 23.1 Å². The summed E-state index contributed by atoms with van der Waals surface area (Å²) >= 11 is 0. The molecule has 1 aliphatic heterocycles. The molecular weight excluding hydrogens is 292 g/mol. The van der Waals surface area contributed by atoms with Gasteiger partial charge in [0.05, 0.1) is 12.2 Å². The molecule has 1 aromatic rings. The van der Waals surface area contributed by atoms with Crippen molar-refractivity contribution in [3.63, 3.8) is 0 Å². The number of benzene rings is 1. The van der Waals surface area contributed by atoms with Gasteiger partial charge in [-0.1, -0.05) is 41.5 Å². The molecule has 0 radical (unpaired) electrons. The van der Waals surface area contributed by atoms with Crippen LogP contribution in [0.5, 0.6) is 0 Å². The molecule has 0 spiro atoms. The van der Waals surface area contributed by atoms with Crippen LogP contribution in [0.15, 0.2) is 0 Å². The highest BCUT2D eigenvalue weighted by Gasteiger charge is 2.54. The zero-order valence-corrected chi connectivity index (χ0v) is 17.4. The van der Waals surface area contributed by atoms with E-state index in [0.29, 0.717) is 17.9 Å². The fourth-order valence-corrected chi connectivity index (χ4v) is 5.90. The summed E-state index contributed by atoms with van der Waals surface area (Å²) in [4.78, 5) is 0. The smallest absolute Gasteiger partial charge is 0.0806 e. The summed E-state index contributed by atoms with van der Waals surface area (Å²) in [6, 6.07) is 0. The minimum absolute atomic E-state index is 0.204. The Kier molecular flexibility index (Phi) is 4.00. The standard InChI is InChI=1S/C23H36O/c1-11-23(10)17(7)22(8,9)20-13(3)12(2)18-16(6)24-15(5)14(4)19(18)21(20)23/h14-17H,11H2,1-10H3. The van der Waals surface area contributed by atoms with E-state index in [-0.39, 0.29) is 16.9 Å². The van der Waals surface area contributed by atoms with Crippen molar-refractivity contribution in [2.24, 2.45) is 5.92 Å². The average Bonchev–Trinajstić information content (AvgIpc) is 2.67. The van der Waals surface area contributed by atoms with Crippen molar-refractivity contribution >= 4 is 0 Å². The minimum atomic E-state index is 0.204. The normalized spacial score (nSPS) is 37.2. The van der Waals surface area contributed by atoms with Crippen LogP contribution in [-0.2, 0) is 15.6 Å². The van der Waals surface area contributed by atoms with E-state index >= 15 is 0 Å². The maximum absolute atomic E-state index is 6.30. The van der Waals surface area contributed by atoms with Gasteiger partial charge in [-0.2, -0.15) is 0 Å². The van der Waals surface area contributed by atoms with E-state index in [1.54, 1.807) is 16.7 Å². The third-order valence-corrected chi connectivity index (χ3v) is 8.12. The zero-order valence-electron chi connectivity index (χ0n) is 17.4. The third kappa shape index (κ3) is 1.97. The van der Waals surface area contributed by atoms with Crippen LogP contribution in [0.4, 0.5) is 0 Å². The molecule has 24 heavy (non-hydrogen) atoms. The molecule has 1 heterocycles. The van der Waals surface area contributed by atoms with Crippen LogP contribution in [0.1, 0.15) is 107 Å². The van der Waals surface area contributed by atoms with Crippen LogP contribution in [0, 0.1) is 19.8 Å². The van der Waals surface area contributed by atoms with Crippen molar-refractivity contribution in [3.05, 3.63) is 33.4 Å². The molecule has 0 aromatic heterocycles. The Morgan fingerprint density at radius 1 is 0.875 bits per heavy atom. The molecule has 0 fully saturated rings. The first kappa shape index (κ1) is 18.0. The summed E-state index contributed by atoms with van der Waals surface area (Å²) in [6.45, 7) is 23.8. The second kappa shape index (κ2) is 5.34. The summed E-state index contributed by atoms with van der Waals surface area (Å²) in [5.41, 5.74) is 9.90. The molecular formula is C23H36O. The SMILES string of the molecule is CCC1(C)c2c3c(c(C)c(C)c2C(C)(C)C1C)C(C)OC(C)C3C. The molecule has 1 aliphatic carbocycles. The van der Waals surface area contributed by atoms with Gasteiger partial charge >= 0.3 is 0 Å². The van der Waals surface area contributed by atoms with Gasteiger partial charge in [-0.05, 0) is 84.2 Å². The number of hydrogen-bond donors (Lipinski definition) is 0. The maximum Gasteiger partial charge on any atom is 0.0806 e. The van der Waals surface area contributed by atoms with Crippen LogP contribution in [-0.4, -0.2) is 6.10 Å². The Hall–Kier alpha value is -0.820. The fraction of sp³-hybridized carbons (Fsp3) is 0.739. The predicted octanol–water partition coefficient (Wildman–Crippen LogP) is 6.48. The Labute approximate surface area is 149 Å². The van der Waals surface area contributed by atoms with E-state index in [1.807, 2.05) is 0 Å². The lowest BCUT2D eigenvalue weighted by atomic mass is 9.67. The first-order valence-corrected chi connectivity index (χ1v) is 9.83. The monoisotopic (exact) mass is 328 g/mol. The molecule has 3 rings (SSSR count). The fourth-order valence-electron chi connectivity index (χ4n) is 5.90. The van der Waals surface area contributed by atoms with Gasteiger partial charge in [0.2, 0.25) is 0 Å². The topological polar surface area (TPSA) is 9.23 Å². The Morgan fingerprint density at radius 2 is 1.46 bits per heavy atom. The van der Waals surface area contributed by atoms with Gasteiger partial charge in [-0.15, -0.1) is 0 Å². The van der Waals surface area contributed by atoms with Crippen LogP contribution < -0.4 is 0 Å². The molecule has 5 unspecified atom stereocenters. The lowest BCUT2D eigenvalue weighted by Gasteiger charge is -2.41. The lowest BCUT2D eigenvalue weighted by molar-refractivity contribution is -0.0199. The average molecular weight is 329 g/mol. The quantitative estimate of drug-likeness (QED) is 0.573. The van der Waals surface area contributed by atoms with E-state index in [9.17, 15) is 0 Å². The summed E-state index contributed by atoms with van der Waals surface area (Å²) in [7, 11) is 0. The molecule has 0 bridgehead atoms. The van der Waals surface area contributed by atoms with Gasteiger partial charge in [0.25, 0.3) is 0 Å². The molecule has 0 saturated carbocycles. The number of ether oxygens (including phenoxy) is 1. The maximum atomic E-state index is 6.30. The van der Waals surface area contributed by atoms with E-state index in [4.69, 9.17) is 4.74 Å². The molecule has 0 amide bonds. The first-order valence-electron chi connectivity index (χ1n) is 9.83. The molecule has 1 heteroatoms. The molecule has 5 atom stereocenters. The van der Waals surface area contributed by atoms with E-state index in [0.717, 1.165) is 0 Å². The van der Waals surface area contributed by atoms with E-state index in [2.05, 4.69) is 69.2 Å². The lowest BCUT2D eigenvalue weighted by Crippen LogP contribution is -2.34. The van der Waals surface area contributed by atoms with Gasteiger partial charge < -0.3 is 4.74 Å². The molecule has 1 nitrogen and oxygen atoms in total. The van der Waals surface area contributed by atoms with Crippen molar-refractivity contribution in [1.82, 2.24) is 0 Å². The number of rotatable bonds is 1. The number of hydrogen-bond acceptors (Lipinski definition) is 1. The predicted molar refractivity (Wildman–Crippen MR) is 103 cm³/mol. The molecule has 134 valence electrons.